The molecule has 0 fully saturated rings. The van der Waals surface area contributed by atoms with E-state index in [0.717, 1.165) is 23.0 Å². The summed E-state index contributed by atoms with van der Waals surface area (Å²) < 4.78 is 15.6. The van der Waals surface area contributed by atoms with Crippen LogP contribution in [0.2, 0.25) is 0 Å². The fraction of sp³-hybridized carbons (Fsp3) is 0.323. The highest BCUT2D eigenvalue weighted by atomic mass is 32.1. The van der Waals surface area contributed by atoms with Gasteiger partial charge in [0.25, 0.3) is 11.5 Å². The van der Waals surface area contributed by atoms with Crippen LogP contribution < -0.4 is 24.4 Å². The quantitative estimate of drug-likeness (QED) is 0.326. The molecule has 0 bridgehead atoms. The molecule has 208 valence electrons. The van der Waals surface area contributed by atoms with Crippen LogP contribution in [0, 0.1) is 0 Å². The molecule has 0 saturated carbocycles. The Morgan fingerprint density at radius 2 is 1.85 bits per heavy atom. The number of aryl methyl sites for hydroxylation is 1. The van der Waals surface area contributed by atoms with Crippen molar-refractivity contribution >= 4 is 34.2 Å². The average molecular weight is 559 g/mol. The Morgan fingerprint density at radius 1 is 1.10 bits per heavy atom. The van der Waals surface area contributed by atoms with Gasteiger partial charge >= 0.3 is 0 Å². The number of hydrogen-bond acceptors (Lipinski definition) is 6. The summed E-state index contributed by atoms with van der Waals surface area (Å²) in [6.07, 6.45) is 4.01. The van der Waals surface area contributed by atoms with Crippen LogP contribution in [0.4, 0.5) is 0 Å². The van der Waals surface area contributed by atoms with Crippen LogP contribution in [0.3, 0.4) is 0 Å². The molecule has 3 heterocycles. The molecule has 5 rings (SSSR count). The summed E-state index contributed by atoms with van der Waals surface area (Å²) in [6, 6.07) is 12.9. The Bertz CT molecular complexity index is 1810. The average Bonchev–Trinajstić information content (AvgIpc) is 3.48. The van der Waals surface area contributed by atoms with Gasteiger partial charge in [-0.15, -0.1) is 0 Å². The summed E-state index contributed by atoms with van der Waals surface area (Å²) in [7, 11) is 3.17. The van der Waals surface area contributed by atoms with Crippen molar-refractivity contribution in [3.8, 4) is 11.5 Å². The van der Waals surface area contributed by atoms with Crippen molar-refractivity contribution in [1.82, 2.24) is 14.0 Å². The lowest BCUT2D eigenvalue weighted by molar-refractivity contribution is -0.127. The van der Waals surface area contributed by atoms with E-state index < -0.39 is 6.04 Å². The standard InChI is InChI=1S/C31H34N4O4S/c1-7-33(8-2)30(37)27-19(4)32-31-35(28(27)23-17-21(38-5)14-15-25(23)39-6)29(36)26(40-31)16-20-18-34(9-3)24-13-11-10-12-22(20)24/h10-18,28H,7-9H2,1-6H3. The van der Waals surface area contributed by atoms with Crippen LogP contribution in [0.25, 0.3) is 17.0 Å². The molecule has 1 amide bonds. The van der Waals surface area contributed by atoms with Gasteiger partial charge in [-0.2, -0.15) is 0 Å². The van der Waals surface area contributed by atoms with Crippen molar-refractivity contribution in [2.45, 2.75) is 40.3 Å². The second kappa shape index (κ2) is 11.2. The van der Waals surface area contributed by atoms with Gasteiger partial charge in [0.2, 0.25) is 0 Å². The van der Waals surface area contributed by atoms with Gasteiger partial charge in [-0.1, -0.05) is 29.5 Å². The van der Waals surface area contributed by atoms with Crippen LogP contribution in [0.15, 0.2) is 69.7 Å². The van der Waals surface area contributed by atoms with Crippen molar-refractivity contribution < 1.29 is 14.3 Å². The number of benzene rings is 2. The van der Waals surface area contributed by atoms with Gasteiger partial charge in [0, 0.05) is 47.9 Å². The van der Waals surface area contributed by atoms with E-state index in [0.29, 0.717) is 50.8 Å². The number of methoxy groups -OCH3 is 2. The Hall–Kier alpha value is -4.11. The van der Waals surface area contributed by atoms with Crippen molar-refractivity contribution in [3.05, 3.63) is 90.7 Å². The highest BCUT2D eigenvalue weighted by molar-refractivity contribution is 7.07. The summed E-state index contributed by atoms with van der Waals surface area (Å²) in [5.74, 6) is 1.02. The highest BCUT2D eigenvalue weighted by Crippen LogP contribution is 2.38. The molecule has 4 aromatic rings. The zero-order chi connectivity index (χ0) is 28.6. The summed E-state index contributed by atoms with van der Waals surface area (Å²) in [5.41, 5.74) is 3.59. The van der Waals surface area contributed by atoms with E-state index in [1.165, 1.54) is 11.3 Å². The molecular weight excluding hydrogens is 524 g/mol. The molecule has 1 atom stereocenters. The first-order valence-corrected chi connectivity index (χ1v) is 14.3. The van der Waals surface area contributed by atoms with Crippen LogP contribution >= 0.6 is 11.3 Å². The second-order valence-electron chi connectivity index (χ2n) is 9.55. The molecule has 0 spiro atoms. The SMILES string of the molecule is CCN(CC)C(=O)C1=C(C)N=c2sc(=Cc3cn(CC)c4ccccc34)c(=O)n2C1c1cc(OC)ccc1OC. The zero-order valence-electron chi connectivity index (χ0n) is 23.7. The van der Waals surface area contributed by atoms with E-state index in [2.05, 4.69) is 29.8 Å². The van der Waals surface area contributed by atoms with Crippen molar-refractivity contribution in [3.63, 3.8) is 0 Å². The number of carbonyl (C=O) groups is 1. The maximum Gasteiger partial charge on any atom is 0.271 e. The van der Waals surface area contributed by atoms with Crippen molar-refractivity contribution in [2.24, 2.45) is 4.99 Å². The third-order valence-corrected chi connectivity index (χ3v) is 8.46. The molecule has 0 radical (unpaired) electrons. The first-order valence-electron chi connectivity index (χ1n) is 13.5. The molecule has 1 aliphatic heterocycles. The minimum Gasteiger partial charge on any atom is -0.497 e. The molecule has 40 heavy (non-hydrogen) atoms. The van der Waals surface area contributed by atoms with E-state index >= 15 is 0 Å². The van der Waals surface area contributed by atoms with Crippen LogP contribution in [0.1, 0.15) is 44.9 Å². The topological polar surface area (TPSA) is 78.1 Å². The molecule has 1 aliphatic rings. The number of rotatable bonds is 8. The predicted molar refractivity (Wildman–Crippen MR) is 159 cm³/mol. The van der Waals surface area contributed by atoms with E-state index in [-0.39, 0.29) is 11.5 Å². The van der Waals surface area contributed by atoms with Crippen LogP contribution in [-0.4, -0.2) is 47.3 Å². The lowest BCUT2D eigenvalue weighted by Crippen LogP contribution is -2.43. The number of amides is 1. The summed E-state index contributed by atoms with van der Waals surface area (Å²) in [4.78, 5) is 35.2. The highest BCUT2D eigenvalue weighted by Gasteiger charge is 2.36. The van der Waals surface area contributed by atoms with E-state index in [1.54, 1.807) is 35.8 Å². The Kier molecular flexibility index (Phi) is 7.67. The van der Waals surface area contributed by atoms with Gasteiger partial charge in [0.1, 0.15) is 17.5 Å². The fourth-order valence-corrected chi connectivity index (χ4v) is 6.45. The largest absolute Gasteiger partial charge is 0.497 e. The molecule has 2 aromatic heterocycles. The summed E-state index contributed by atoms with van der Waals surface area (Å²) >= 11 is 1.33. The number of ether oxygens (including phenoxy) is 2. The number of aromatic nitrogens is 2. The number of carbonyl (C=O) groups excluding carboxylic acids is 1. The van der Waals surface area contributed by atoms with E-state index in [9.17, 15) is 9.59 Å². The second-order valence-corrected chi connectivity index (χ2v) is 10.6. The van der Waals surface area contributed by atoms with Gasteiger partial charge in [0.15, 0.2) is 4.80 Å². The number of likely N-dealkylation sites (N-methyl/N-ethyl adjacent to an activating group) is 1. The van der Waals surface area contributed by atoms with E-state index in [4.69, 9.17) is 14.5 Å². The van der Waals surface area contributed by atoms with Crippen molar-refractivity contribution in [2.75, 3.05) is 27.3 Å². The van der Waals surface area contributed by atoms with Gasteiger partial charge in [-0.3, -0.25) is 14.2 Å². The Morgan fingerprint density at radius 3 is 2.52 bits per heavy atom. The minimum absolute atomic E-state index is 0.151. The number of para-hydroxylation sites is 1. The number of allylic oxidation sites excluding steroid dienone is 1. The van der Waals surface area contributed by atoms with Gasteiger partial charge in [-0.05, 0) is 58.0 Å². The maximum absolute atomic E-state index is 14.2. The lowest BCUT2D eigenvalue weighted by Gasteiger charge is -2.30. The molecular formula is C31H34N4O4S. The number of nitrogens with zero attached hydrogens (tertiary/aromatic N) is 4. The Balaban J connectivity index is 1.80. The minimum atomic E-state index is -0.728. The third-order valence-electron chi connectivity index (χ3n) is 7.48. The fourth-order valence-electron chi connectivity index (χ4n) is 5.42. The van der Waals surface area contributed by atoms with Gasteiger partial charge in [0.05, 0.1) is 30.0 Å². The van der Waals surface area contributed by atoms with Gasteiger partial charge < -0.3 is 18.9 Å². The third kappa shape index (κ3) is 4.54. The molecule has 0 N–H and O–H groups in total. The number of fused-ring (bicyclic) bond motifs is 2. The molecule has 8 nitrogen and oxygen atoms in total. The monoisotopic (exact) mass is 558 g/mol. The molecule has 2 aromatic carbocycles. The summed E-state index contributed by atoms with van der Waals surface area (Å²) in [5, 5.41) is 1.08. The lowest BCUT2D eigenvalue weighted by atomic mass is 9.93. The Labute approximate surface area is 237 Å². The first-order chi connectivity index (χ1) is 19.4. The van der Waals surface area contributed by atoms with Gasteiger partial charge in [-0.25, -0.2) is 4.99 Å². The number of hydrogen-bond donors (Lipinski definition) is 0. The molecule has 0 saturated heterocycles. The first kappa shape index (κ1) is 27.5. The molecule has 1 unspecified atom stereocenters. The molecule has 0 aliphatic carbocycles. The van der Waals surface area contributed by atoms with E-state index in [1.807, 2.05) is 45.0 Å². The van der Waals surface area contributed by atoms with Crippen molar-refractivity contribution in [1.29, 1.82) is 0 Å². The predicted octanol–water partition coefficient (Wildman–Crippen LogP) is 4.10. The zero-order valence-corrected chi connectivity index (χ0v) is 24.5. The smallest absolute Gasteiger partial charge is 0.271 e. The van der Waals surface area contributed by atoms with Crippen LogP contribution in [0.5, 0.6) is 11.5 Å². The molecule has 9 heteroatoms. The van der Waals surface area contributed by atoms with Crippen LogP contribution in [-0.2, 0) is 11.3 Å². The number of thiazole rings is 1. The maximum atomic E-state index is 14.2. The summed E-state index contributed by atoms with van der Waals surface area (Å²) in [6.45, 7) is 9.73. The normalized spacial score (nSPS) is 15.2.